The van der Waals surface area contributed by atoms with Crippen LogP contribution < -0.4 is 5.32 Å². The molecule has 1 heterocycles. The molecular weight excluding hydrogens is 263 g/mol. The molecule has 3 unspecified atom stereocenters. The van der Waals surface area contributed by atoms with Crippen LogP contribution in [0.1, 0.15) is 0 Å². The van der Waals surface area contributed by atoms with Crippen LogP contribution in [0, 0.1) is 0 Å². The fourth-order valence-corrected chi connectivity index (χ4v) is 1.36. The first kappa shape index (κ1) is 14.7. The summed E-state index contributed by atoms with van der Waals surface area (Å²) < 4.78 is 40.2. The van der Waals surface area contributed by atoms with Crippen molar-refractivity contribution in [2.24, 2.45) is 0 Å². The van der Waals surface area contributed by atoms with Crippen LogP contribution in [0.15, 0.2) is 0 Å². The lowest BCUT2D eigenvalue weighted by atomic mass is 9.98. The van der Waals surface area contributed by atoms with Gasteiger partial charge in [0.2, 0.25) is 0 Å². The highest BCUT2D eigenvalue weighted by molar-refractivity contribution is 5.88. The third-order valence-corrected chi connectivity index (χ3v) is 2.32. The molecule has 1 aliphatic heterocycles. The number of carbonyl (C=O) groups is 2. The van der Waals surface area contributed by atoms with Crippen molar-refractivity contribution in [1.29, 1.82) is 0 Å². The molecule has 1 amide bonds. The van der Waals surface area contributed by atoms with Gasteiger partial charge >= 0.3 is 18.1 Å². The fraction of sp³-hybridized carbons (Fsp3) is 0.750. The Hall–Kier alpha value is -1.39. The van der Waals surface area contributed by atoms with Crippen molar-refractivity contribution in [3.8, 4) is 0 Å². The van der Waals surface area contributed by atoms with Gasteiger partial charge < -0.3 is 25.4 Å². The van der Waals surface area contributed by atoms with Gasteiger partial charge in [-0.2, -0.15) is 13.2 Å². The summed E-state index contributed by atoms with van der Waals surface area (Å²) in [6.45, 7) is -0.816. The molecule has 0 aromatic rings. The van der Waals surface area contributed by atoms with E-state index in [1.54, 1.807) is 0 Å². The van der Waals surface area contributed by atoms with Crippen LogP contribution in [0.2, 0.25) is 0 Å². The molecule has 1 fully saturated rings. The highest BCUT2D eigenvalue weighted by Gasteiger charge is 2.48. The Bertz CT molecular complexity index is 346. The highest BCUT2D eigenvalue weighted by Crippen LogP contribution is 2.19. The zero-order valence-corrected chi connectivity index (χ0v) is 8.72. The molecular formula is C8H10F3NO6. The Kier molecular flexibility index (Phi) is 4.14. The predicted molar refractivity (Wildman–Crippen MR) is 47.0 cm³/mol. The van der Waals surface area contributed by atoms with Crippen molar-refractivity contribution in [3.63, 3.8) is 0 Å². The van der Waals surface area contributed by atoms with Crippen molar-refractivity contribution in [1.82, 2.24) is 5.32 Å². The molecule has 10 heteroatoms. The van der Waals surface area contributed by atoms with Crippen molar-refractivity contribution in [3.05, 3.63) is 0 Å². The van der Waals surface area contributed by atoms with E-state index in [9.17, 15) is 33.0 Å². The number of nitrogens with one attached hydrogen (secondary N) is 1. The number of amides is 1. The topological polar surface area (TPSA) is 116 Å². The summed E-state index contributed by atoms with van der Waals surface area (Å²) in [4.78, 5) is 21.8. The van der Waals surface area contributed by atoms with Crippen LogP contribution in [0.3, 0.4) is 0 Å². The molecule has 104 valence electrons. The maximum absolute atomic E-state index is 12.0. The smallest absolute Gasteiger partial charge is 0.455 e. The fourth-order valence-electron chi connectivity index (χ4n) is 1.36. The maximum Gasteiger partial charge on any atom is 0.471 e. The van der Waals surface area contributed by atoms with Crippen LogP contribution in [-0.4, -0.2) is 64.3 Å². The summed E-state index contributed by atoms with van der Waals surface area (Å²) in [5, 5.41) is 28.6. The van der Waals surface area contributed by atoms with Gasteiger partial charge in [-0.05, 0) is 0 Å². The van der Waals surface area contributed by atoms with Crippen LogP contribution >= 0.6 is 0 Å². The summed E-state index contributed by atoms with van der Waals surface area (Å²) in [6, 6.07) is -2.04. The van der Waals surface area contributed by atoms with Crippen LogP contribution in [0.25, 0.3) is 0 Å². The van der Waals surface area contributed by atoms with Gasteiger partial charge in [0.25, 0.3) is 0 Å². The summed E-state index contributed by atoms with van der Waals surface area (Å²) in [6.07, 6.45) is -10.5. The van der Waals surface area contributed by atoms with Crippen molar-refractivity contribution in [2.45, 2.75) is 30.5 Å². The van der Waals surface area contributed by atoms with Crippen LogP contribution in [0.5, 0.6) is 0 Å². The summed E-state index contributed by atoms with van der Waals surface area (Å²) in [5.41, 5.74) is 0. The zero-order chi connectivity index (χ0) is 14.1. The molecule has 0 radical (unpaired) electrons. The summed E-state index contributed by atoms with van der Waals surface area (Å²) in [5.74, 6) is -3.82. The number of esters is 1. The molecule has 18 heavy (non-hydrogen) atoms. The van der Waals surface area contributed by atoms with E-state index in [4.69, 9.17) is 5.11 Å². The van der Waals surface area contributed by atoms with E-state index < -0.39 is 49.0 Å². The first-order valence-electron chi connectivity index (χ1n) is 4.73. The molecule has 0 bridgehead atoms. The molecule has 4 atom stereocenters. The molecule has 7 nitrogen and oxygen atoms in total. The molecule has 1 aliphatic rings. The number of hydrogen-bond acceptors (Lipinski definition) is 6. The lowest BCUT2D eigenvalue weighted by Gasteiger charge is -2.35. The second-order valence-electron chi connectivity index (χ2n) is 3.59. The SMILES string of the molecule is O=C1OC(CO)[C@H](O)C(O)C1NC(=O)C(F)(F)F. The molecule has 4 N–H and O–H groups in total. The Labute approximate surface area is 98.2 Å². The minimum atomic E-state index is -5.24. The average molecular weight is 273 g/mol. The highest BCUT2D eigenvalue weighted by atomic mass is 19.4. The van der Waals surface area contributed by atoms with Crippen molar-refractivity contribution >= 4 is 11.9 Å². The lowest BCUT2D eigenvalue weighted by molar-refractivity contribution is -0.195. The van der Waals surface area contributed by atoms with Gasteiger partial charge in [0.15, 0.2) is 12.1 Å². The number of hydrogen-bond donors (Lipinski definition) is 4. The number of cyclic esters (lactones) is 1. The first-order chi connectivity index (χ1) is 8.18. The summed E-state index contributed by atoms with van der Waals surface area (Å²) in [7, 11) is 0. The van der Waals surface area contributed by atoms with E-state index in [-0.39, 0.29) is 0 Å². The van der Waals surface area contributed by atoms with Gasteiger partial charge in [-0.1, -0.05) is 0 Å². The minimum absolute atomic E-state index is 0.816. The minimum Gasteiger partial charge on any atom is -0.455 e. The lowest BCUT2D eigenvalue weighted by Crippen LogP contribution is -2.63. The molecule has 1 rings (SSSR count). The van der Waals surface area contributed by atoms with E-state index in [1.165, 1.54) is 5.32 Å². The number of rotatable bonds is 2. The molecule has 1 saturated heterocycles. The monoisotopic (exact) mass is 273 g/mol. The quantitative estimate of drug-likeness (QED) is 0.419. The largest absolute Gasteiger partial charge is 0.471 e. The number of ether oxygens (including phenoxy) is 1. The van der Waals surface area contributed by atoms with E-state index in [0.29, 0.717) is 0 Å². The van der Waals surface area contributed by atoms with Gasteiger partial charge in [0, 0.05) is 0 Å². The van der Waals surface area contributed by atoms with Gasteiger partial charge in [-0.15, -0.1) is 0 Å². The third-order valence-electron chi connectivity index (χ3n) is 2.32. The Morgan fingerprint density at radius 3 is 2.33 bits per heavy atom. The zero-order valence-electron chi connectivity index (χ0n) is 8.72. The molecule has 0 saturated carbocycles. The molecule has 0 aliphatic carbocycles. The second kappa shape index (κ2) is 5.08. The standard InChI is InChI=1S/C8H10F3NO6/c9-8(10,11)7(17)12-3-5(15)4(14)2(1-13)18-6(3)16/h2-5,13-15H,1H2,(H,12,17)/t2?,3?,4-,5?/m0/s1. The van der Waals surface area contributed by atoms with Crippen molar-refractivity contribution in [2.75, 3.05) is 6.61 Å². The normalized spacial score (nSPS) is 32.9. The molecule has 0 aromatic carbocycles. The Morgan fingerprint density at radius 1 is 1.33 bits per heavy atom. The van der Waals surface area contributed by atoms with E-state index in [0.717, 1.165) is 0 Å². The van der Waals surface area contributed by atoms with E-state index in [2.05, 4.69) is 4.74 Å². The van der Waals surface area contributed by atoms with Crippen LogP contribution in [0.4, 0.5) is 13.2 Å². The average Bonchev–Trinajstić information content (AvgIpc) is 2.27. The number of aliphatic hydroxyl groups is 3. The van der Waals surface area contributed by atoms with E-state index in [1.807, 2.05) is 0 Å². The summed E-state index contributed by atoms with van der Waals surface area (Å²) >= 11 is 0. The van der Waals surface area contributed by atoms with E-state index >= 15 is 0 Å². The Morgan fingerprint density at radius 2 is 1.89 bits per heavy atom. The molecule has 0 spiro atoms. The van der Waals surface area contributed by atoms with Gasteiger partial charge in [0.05, 0.1) is 6.61 Å². The van der Waals surface area contributed by atoms with Crippen LogP contribution in [-0.2, 0) is 14.3 Å². The van der Waals surface area contributed by atoms with Gasteiger partial charge in [0.1, 0.15) is 12.2 Å². The number of halogens is 3. The number of carbonyl (C=O) groups excluding carboxylic acids is 2. The third kappa shape index (κ3) is 2.89. The Balaban J connectivity index is 2.78. The maximum atomic E-state index is 12.0. The van der Waals surface area contributed by atoms with Gasteiger partial charge in [-0.3, -0.25) is 4.79 Å². The van der Waals surface area contributed by atoms with Crippen molar-refractivity contribution < 1.29 is 42.8 Å². The predicted octanol–water partition coefficient (Wildman–Crippen LogP) is -2.33. The molecule has 0 aromatic heterocycles. The number of aliphatic hydroxyl groups excluding tert-OH is 3. The second-order valence-corrected chi connectivity index (χ2v) is 3.59. The van der Waals surface area contributed by atoms with Gasteiger partial charge in [-0.25, -0.2) is 4.79 Å². The number of alkyl halides is 3. The first-order valence-corrected chi connectivity index (χ1v) is 4.73.